The van der Waals surface area contributed by atoms with E-state index in [0.717, 1.165) is 12.1 Å². The SMILES string of the molecule is Cc1cc(C)nc(OC(C(=O)O)C2(c3cccc(C(F)(F)F)c3)NCC(=O)N(C)c3ccccc32)n1. The maximum Gasteiger partial charge on any atom is 0.416 e. The minimum absolute atomic E-state index is 0.0512. The number of halogens is 3. The van der Waals surface area contributed by atoms with Crippen LogP contribution in [-0.2, 0) is 21.3 Å². The number of rotatable bonds is 5. The molecule has 11 heteroatoms. The van der Waals surface area contributed by atoms with E-state index in [9.17, 15) is 27.9 Å². The lowest BCUT2D eigenvalue weighted by Gasteiger charge is -2.39. The molecule has 2 aromatic carbocycles. The average Bonchev–Trinajstić information content (AvgIpc) is 2.92. The van der Waals surface area contributed by atoms with Crippen LogP contribution in [0.15, 0.2) is 54.6 Å². The van der Waals surface area contributed by atoms with Crippen LogP contribution in [-0.4, -0.2) is 46.6 Å². The zero-order valence-corrected chi connectivity index (χ0v) is 19.6. The fourth-order valence-electron chi connectivity index (χ4n) is 4.42. The first-order valence-electron chi connectivity index (χ1n) is 10.9. The quantitative estimate of drug-likeness (QED) is 0.553. The summed E-state index contributed by atoms with van der Waals surface area (Å²) in [4.78, 5) is 35.3. The summed E-state index contributed by atoms with van der Waals surface area (Å²) in [6.45, 7) is 2.97. The Hall–Kier alpha value is -3.99. The van der Waals surface area contributed by atoms with E-state index in [0.29, 0.717) is 17.1 Å². The van der Waals surface area contributed by atoms with Crippen molar-refractivity contribution in [2.75, 3.05) is 18.5 Å². The highest BCUT2D eigenvalue weighted by Crippen LogP contribution is 2.43. The lowest BCUT2D eigenvalue weighted by Crippen LogP contribution is -2.58. The van der Waals surface area contributed by atoms with Gasteiger partial charge in [-0.05, 0) is 43.7 Å². The number of carbonyl (C=O) groups is 2. The summed E-state index contributed by atoms with van der Waals surface area (Å²) in [5, 5.41) is 13.3. The fraction of sp³-hybridized carbons (Fsp3) is 0.280. The molecular formula is C25H23F3N4O4. The highest BCUT2D eigenvalue weighted by molar-refractivity contribution is 5.97. The Labute approximate surface area is 204 Å². The predicted molar refractivity (Wildman–Crippen MR) is 124 cm³/mol. The summed E-state index contributed by atoms with van der Waals surface area (Å²) >= 11 is 0. The van der Waals surface area contributed by atoms with Gasteiger partial charge in [0.25, 0.3) is 0 Å². The van der Waals surface area contributed by atoms with Gasteiger partial charge in [0.2, 0.25) is 12.0 Å². The van der Waals surface area contributed by atoms with E-state index < -0.39 is 35.3 Å². The number of ether oxygens (including phenoxy) is 1. The molecule has 8 nitrogen and oxygen atoms in total. The van der Waals surface area contributed by atoms with Crippen LogP contribution in [0, 0.1) is 13.8 Å². The largest absolute Gasteiger partial charge is 0.478 e. The van der Waals surface area contributed by atoms with Crippen LogP contribution in [0.3, 0.4) is 0 Å². The number of amides is 1. The van der Waals surface area contributed by atoms with Crippen molar-refractivity contribution < 1.29 is 32.6 Å². The molecule has 0 bridgehead atoms. The van der Waals surface area contributed by atoms with Crippen LogP contribution in [0.1, 0.15) is 28.1 Å². The van der Waals surface area contributed by atoms with Crippen LogP contribution < -0.4 is 15.0 Å². The van der Waals surface area contributed by atoms with Crippen molar-refractivity contribution in [1.29, 1.82) is 0 Å². The van der Waals surface area contributed by atoms with Crippen molar-refractivity contribution in [2.24, 2.45) is 0 Å². The molecule has 1 aromatic heterocycles. The number of likely N-dealkylation sites (N-methyl/N-ethyl adjacent to an activating group) is 1. The molecule has 0 saturated heterocycles. The van der Waals surface area contributed by atoms with Crippen LogP contribution in [0.5, 0.6) is 6.01 Å². The van der Waals surface area contributed by atoms with Gasteiger partial charge in [0, 0.05) is 29.7 Å². The van der Waals surface area contributed by atoms with Crippen LogP contribution >= 0.6 is 0 Å². The minimum Gasteiger partial charge on any atom is -0.478 e. The third-order valence-electron chi connectivity index (χ3n) is 6.03. The Kier molecular flexibility index (Phi) is 6.44. The number of carbonyl (C=O) groups excluding carboxylic acids is 1. The van der Waals surface area contributed by atoms with E-state index in [1.54, 1.807) is 44.2 Å². The monoisotopic (exact) mass is 500 g/mol. The van der Waals surface area contributed by atoms with Crippen molar-refractivity contribution in [3.63, 3.8) is 0 Å². The van der Waals surface area contributed by atoms with Gasteiger partial charge in [0.05, 0.1) is 12.1 Å². The van der Waals surface area contributed by atoms with Gasteiger partial charge in [-0.3, -0.25) is 10.1 Å². The normalized spacial score (nSPS) is 18.8. The second-order valence-corrected chi connectivity index (χ2v) is 8.48. The van der Waals surface area contributed by atoms with E-state index in [2.05, 4.69) is 15.3 Å². The highest BCUT2D eigenvalue weighted by atomic mass is 19.4. The van der Waals surface area contributed by atoms with Crippen molar-refractivity contribution >= 4 is 17.6 Å². The number of anilines is 1. The van der Waals surface area contributed by atoms with Gasteiger partial charge in [-0.2, -0.15) is 13.2 Å². The number of hydrogen-bond donors (Lipinski definition) is 2. The van der Waals surface area contributed by atoms with Crippen molar-refractivity contribution in [1.82, 2.24) is 15.3 Å². The Bertz CT molecular complexity index is 1310. The minimum atomic E-state index is -4.69. The van der Waals surface area contributed by atoms with Gasteiger partial charge in [0.1, 0.15) is 5.54 Å². The zero-order valence-electron chi connectivity index (χ0n) is 19.6. The van der Waals surface area contributed by atoms with Crippen molar-refractivity contribution in [3.05, 3.63) is 82.7 Å². The Morgan fingerprint density at radius 1 is 1.11 bits per heavy atom. The third-order valence-corrected chi connectivity index (χ3v) is 6.03. The van der Waals surface area contributed by atoms with Gasteiger partial charge in [0.15, 0.2) is 0 Å². The summed E-state index contributed by atoms with van der Waals surface area (Å²) in [6.07, 6.45) is -6.55. The molecular weight excluding hydrogens is 477 g/mol. The molecule has 0 aliphatic carbocycles. The summed E-state index contributed by atoms with van der Waals surface area (Å²) in [5.74, 6) is -1.91. The van der Waals surface area contributed by atoms with Crippen molar-refractivity contribution in [2.45, 2.75) is 31.7 Å². The molecule has 1 aliphatic heterocycles. The molecule has 1 aliphatic rings. The number of alkyl halides is 3. The lowest BCUT2D eigenvalue weighted by molar-refractivity contribution is -0.149. The average molecular weight is 500 g/mol. The molecule has 0 saturated carbocycles. The van der Waals surface area contributed by atoms with Crippen LogP contribution in [0.25, 0.3) is 0 Å². The molecule has 2 heterocycles. The van der Waals surface area contributed by atoms with Gasteiger partial charge >= 0.3 is 18.2 Å². The zero-order chi connectivity index (χ0) is 26.3. The first-order valence-corrected chi connectivity index (χ1v) is 10.9. The van der Waals surface area contributed by atoms with Crippen LogP contribution in [0.2, 0.25) is 0 Å². The van der Waals surface area contributed by atoms with E-state index in [-0.39, 0.29) is 23.7 Å². The topological polar surface area (TPSA) is 105 Å². The summed E-state index contributed by atoms with van der Waals surface area (Å²) in [7, 11) is 1.51. The maximum absolute atomic E-state index is 13.7. The highest BCUT2D eigenvalue weighted by Gasteiger charge is 2.52. The van der Waals surface area contributed by atoms with E-state index in [4.69, 9.17) is 4.74 Å². The molecule has 2 atom stereocenters. The number of aryl methyl sites for hydroxylation is 2. The molecule has 0 radical (unpaired) electrons. The summed E-state index contributed by atoms with van der Waals surface area (Å²) < 4.78 is 47.0. The standard InChI is InChI=1S/C25H23F3N4O4/c1-14-11-15(2)31-23(30-14)36-21(22(34)35)24(16-7-6-8-17(12-16)25(26,27)28)18-9-4-5-10-19(18)32(3)20(33)13-29-24/h4-12,21,29H,13H2,1-3H3,(H,34,35). The van der Waals surface area contributed by atoms with E-state index in [1.165, 1.54) is 24.1 Å². The number of carboxylic acids is 1. The van der Waals surface area contributed by atoms with Crippen molar-refractivity contribution in [3.8, 4) is 6.01 Å². The molecule has 0 fully saturated rings. The number of fused-ring (bicyclic) bond motifs is 1. The van der Waals surface area contributed by atoms with Gasteiger partial charge < -0.3 is 14.7 Å². The molecule has 188 valence electrons. The first kappa shape index (κ1) is 25.1. The van der Waals surface area contributed by atoms with Crippen LogP contribution in [0.4, 0.5) is 18.9 Å². The molecule has 36 heavy (non-hydrogen) atoms. The second-order valence-electron chi connectivity index (χ2n) is 8.48. The molecule has 0 spiro atoms. The number of nitrogens with one attached hydrogen (secondary N) is 1. The predicted octanol–water partition coefficient (Wildman–Crippen LogP) is 3.45. The van der Waals surface area contributed by atoms with Gasteiger partial charge in [-0.1, -0.05) is 30.3 Å². The molecule has 3 aromatic rings. The molecule has 1 amide bonds. The van der Waals surface area contributed by atoms with Gasteiger partial charge in [-0.15, -0.1) is 0 Å². The van der Waals surface area contributed by atoms with E-state index >= 15 is 0 Å². The Balaban J connectivity index is 2.04. The molecule has 4 rings (SSSR count). The number of benzene rings is 2. The van der Waals surface area contributed by atoms with Gasteiger partial charge in [-0.25, -0.2) is 14.8 Å². The number of aliphatic carboxylic acids is 1. The molecule has 2 N–H and O–H groups in total. The maximum atomic E-state index is 13.7. The number of carboxylic acid groups (broad SMARTS) is 1. The van der Waals surface area contributed by atoms with E-state index in [1.807, 2.05) is 0 Å². The number of hydrogen-bond acceptors (Lipinski definition) is 6. The first-order chi connectivity index (χ1) is 16.9. The fourth-order valence-corrected chi connectivity index (χ4v) is 4.42. The summed E-state index contributed by atoms with van der Waals surface area (Å²) in [5.41, 5.74) is -1.36. The number of nitrogens with zero attached hydrogens (tertiary/aromatic N) is 3. The number of para-hydroxylation sites is 1. The number of aromatic nitrogens is 2. The Morgan fingerprint density at radius 2 is 1.78 bits per heavy atom. The second kappa shape index (κ2) is 9.23. The smallest absolute Gasteiger partial charge is 0.416 e. The Morgan fingerprint density at radius 3 is 2.42 bits per heavy atom. The lowest BCUT2D eigenvalue weighted by atomic mass is 9.76. The summed E-state index contributed by atoms with van der Waals surface area (Å²) in [6, 6.07) is 12.1. The third kappa shape index (κ3) is 4.49. The molecule has 2 unspecified atom stereocenters.